The highest BCUT2D eigenvalue weighted by Gasteiger charge is 2.10. The van der Waals surface area contributed by atoms with Crippen LogP contribution in [-0.4, -0.2) is 29.9 Å². The maximum Gasteiger partial charge on any atom is 0.220 e. The van der Waals surface area contributed by atoms with Crippen LogP contribution in [0, 0.1) is 0 Å². The van der Waals surface area contributed by atoms with Crippen molar-refractivity contribution in [3.63, 3.8) is 0 Å². The Bertz CT molecular complexity index is 920. The third-order valence-electron chi connectivity index (χ3n) is 4.33. The maximum absolute atomic E-state index is 12.2. The highest BCUT2D eigenvalue weighted by Crippen LogP contribution is 2.22. The Kier molecular flexibility index (Phi) is 6.85. The van der Waals surface area contributed by atoms with E-state index < -0.39 is 0 Å². The summed E-state index contributed by atoms with van der Waals surface area (Å²) in [4.78, 5) is 18.6. The van der Waals surface area contributed by atoms with Crippen LogP contribution in [0.2, 0.25) is 5.02 Å². The molecular formula is C22H24ClN3O2. The van der Waals surface area contributed by atoms with E-state index >= 15 is 0 Å². The van der Waals surface area contributed by atoms with E-state index in [1.807, 2.05) is 44.4 Å². The van der Waals surface area contributed by atoms with Crippen molar-refractivity contribution in [3.05, 3.63) is 76.8 Å². The molecule has 1 N–H and O–H groups in total. The number of halogens is 1. The highest BCUT2D eigenvalue weighted by molar-refractivity contribution is 6.30. The van der Waals surface area contributed by atoms with Crippen molar-refractivity contribution >= 4 is 17.5 Å². The van der Waals surface area contributed by atoms with E-state index in [9.17, 15) is 4.79 Å². The number of carbonyl (C=O) groups is 1. The van der Waals surface area contributed by atoms with Crippen molar-refractivity contribution in [1.29, 1.82) is 0 Å². The van der Waals surface area contributed by atoms with Crippen LogP contribution in [0.25, 0.3) is 11.3 Å². The molecule has 0 saturated heterocycles. The van der Waals surface area contributed by atoms with E-state index in [1.165, 1.54) is 5.56 Å². The summed E-state index contributed by atoms with van der Waals surface area (Å²) in [6.45, 7) is 1.36. The molecule has 0 radical (unpaired) electrons. The lowest BCUT2D eigenvalue weighted by atomic mass is 10.1. The fraction of sp³-hybridized carbons (Fsp3) is 0.273. The van der Waals surface area contributed by atoms with Crippen molar-refractivity contribution in [2.45, 2.75) is 25.9 Å². The first-order valence-electron chi connectivity index (χ1n) is 9.20. The van der Waals surface area contributed by atoms with Gasteiger partial charge in [0.1, 0.15) is 0 Å². The van der Waals surface area contributed by atoms with Crippen LogP contribution in [0.4, 0.5) is 0 Å². The van der Waals surface area contributed by atoms with E-state index in [1.54, 1.807) is 18.3 Å². The molecule has 5 nitrogen and oxygen atoms in total. The SMILES string of the molecule is CN(C)Cc1ccccc1CNC(=O)CCc1ncc(-c2ccc(Cl)cc2)o1. The Morgan fingerprint density at radius 2 is 1.82 bits per heavy atom. The van der Waals surface area contributed by atoms with Gasteiger partial charge in [-0.3, -0.25) is 4.79 Å². The molecule has 0 aliphatic carbocycles. The molecule has 1 heterocycles. The largest absolute Gasteiger partial charge is 0.441 e. The van der Waals surface area contributed by atoms with Crippen molar-refractivity contribution in [3.8, 4) is 11.3 Å². The average molecular weight is 398 g/mol. The summed E-state index contributed by atoms with van der Waals surface area (Å²) < 4.78 is 5.75. The standard InChI is InChI=1S/C22H24ClN3O2/c1-26(2)15-18-6-4-3-5-17(18)13-24-21(27)11-12-22-25-14-20(28-22)16-7-9-19(23)10-8-16/h3-10,14H,11-13,15H2,1-2H3,(H,24,27). The van der Waals surface area contributed by atoms with Crippen LogP contribution in [0.3, 0.4) is 0 Å². The first-order chi connectivity index (χ1) is 13.5. The predicted octanol–water partition coefficient (Wildman–Crippen LogP) is 4.31. The lowest BCUT2D eigenvalue weighted by Gasteiger charge is -2.14. The van der Waals surface area contributed by atoms with Gasteiger partial charge in [0.05, 0.1) is 6.20 Å². The molecule has 0 bridgehead atoms. The molecule has 146 valence electrons. The second-order valence-electron chi connectivity index (χ2n) is 6.91. The number of aryl methyl sites for hydroxylation is 1. The van der Waals surface area contributed by atoms with Gasteiger partial charge in [0.25, 0.3) is 0 Å². The van der Waals surface area contributed by atoms with Gasteiger partial charge in [-0.05, 0) is 49.5 Å². The average Bonchev–Trinajstić information content (AvgIpc) is 3.15. The van der Waals surface area contributed by atoms with Gasteiger partial charge in [0.2, 0.25) is 5.91 Å². The smallest absolute Gasteiger partial charge is 0.220 e. The van der Waals surface area contributed by atoms with Gasteiger partial charge in [-0.15, -0.1) is 0 Å². The lowest BCUT2D eigenvalue weighted by molar-refractivity contribution is -0.121. The molecule has 6 heteroatoms. The first kappa shape index (κ1) is 20.1. The number of benzene rings is 2. The van der Waals surface area contributed by atoms with Crippen molar-refractivity contribution in [2.75, 3.05) is 14.1 Å². The normalized spacial score (nSPS) is 11.0. The van der Waals surface area contributed by atoms with Gasteiger partial charge in [-0.25, -0.2) is 4.98 Å². The summed E-state index contributed by atoms with van der Waals surface area (Å²) in [6.07, 6.45) is 2.46. The van der Waals surface area contributed by atoms with Gasteiger partial charge in [-0.2, -0.15) is 0 Å². The Morgan fingerprint density at radius 1 is 1.11 bits per heavy atom. The minimum Gasteiger partial charge on any atom is -0.441 e. The molecule has 0 aliphatic rings. The van der Waals surface area contributed by atoms with Gasteiger partial charge < -0.3 is 14.6 Å². The Hall–Kier alpha value is -2.63. The fourth-order valence-electron chi connectivity index (χ4n) is 2.90. The van der Waals surface area contributed by atoms with Crippen LogP contribution in [0.5, 0.6) is 0 Å². The molecule has 3 aromatic rings. The Balaban J connectivity index is 1.51. The summed E-state index contributed by atoms with van der Waals surface area (Å²) in [6, 6.07) is 15.5. The van der Waals surface area contributed by atoms with Crippen LogP contribution in [0.15, 0.2) is 59.1 Å². The van der Waals surface area contributed by atoms with Gasteiger partial charge in [0.15, 0.2) is 11.7 Å². The summed E-state index contributed by atoms with van der Waals surface area (Å²) in [7, 11) is 4.06. The van der Waals surface area contributed by atoms with Crippen LogP contribution in [0.1, 0.15) is 23.4 Å². The van der Waals surface area contributed by atoms with Gasteiger partial charge in [0, 0.05) is 36.5 Å². The summed E-state index contributed by atoms with van der Waals surface area (Å²) in [5, 5.41) is 3.66. The molecule has 28 heavy (non-hydrogen) atoms. The molecule has 1 amide bonds. The third-order valence-corrected chi connectivity index (χ3v) is 4.58. The summed E-state index contributed by atoms with van der Waals surface area (Å²) in [5.74, 6) is 1.20. The molecular weight excluding hydrogens is 374 g/mol. The number of rotatable bonds is 8. The Morgan fingerprint density at radius 3 is 2.54 bits per heavy atom. The predicted molar refractivity (Wildman–Crippen MR) is 111 cm³/mol. The molecule has 0 saturated carbocycles. The lowest BCUT2D eigenvalue weighted by Crippen LogP contribution is -2.24. The monoisotopic (exact) mass is 397 g/mol. The molecule has 0 spiro atoms. The zero-order chi connectivity index (χ0) is 19.9. The summed E-state index contributed by atoms with van der Waals surface area (Å²) in [5.41, 5.74) is 3.25. The number of hydrogen-bond acceptors (Lipinski definition) is 4. The molecule has 0 fully saturated rings. The molecule has 3 rings (SSSR count). The number of hydrogen-bond donors (Lipinski definition) is 1. The minimum absolute atomic E-state index is 0.0223. The van der Waals surface area contributed by atoms with E-state index in [0.29, 0.717) is 36.1 Å². The van der Waals surface area contributed by atoms with E-state index in [4.69, 9.17) is 16.0 Å². The van der Waals surface area contributed by atoms with Crippen LogP contribution < -0.4 is 5.32 Å². The first-order valence-corrected chi connectivity index (χ1v) is 9.58. The van der Waals surface area contributed by atoms with E-state index in [-0.39, 0.29) is 5.91 Å². The minimum atomic E-state index is -0.0223. The van der Waals surface area contributed by atoms with Gasteiger partial charge in [-0.1, -0.05) is 35.9 Å². The quantitative estimate of drug-likeness (QED) is 0.615. The number of nitrogens with zero attached hydrogens (tertiary/aromatic N) is 2. The van der Waals surface area contributed by atoms with Crippen LogP contribution >= 0.6 is 11.6 Å². The number of amides is 1. The number of aromatic nitrogens is 1. The summed E-state index contributed by atoms with van der Waals surface area (Å²) >= 11 is 5.90. The van der Waals surface area contributed by atoms with Crippen LogP contribution in [-0.2, 0) is 24.3 Å². The van der Waals surface area contributed by atoms with Gasteiger partial charge >= 0.3 is 0 Å². The molecule has 0 unspecified atom stereocenters. The maximum atomic E-state index is 12.2. The zero-order valence-electron chi connectivity index (χ0n) is 16.1. The number of oxazole rings is 1. The second-order valence-corrected chi connectivity index (χ2v) is 7.34. The van der Waals surface area contributed by atoms with E-state index in [0.717, 1.165) is 17.7 Å². The molecule has 0 atom stereocenters. The molecule has 2 aromatic carbocycles. The van der Waals surface area contributed by atoms with E-state index in [2.05, 4.69) is 21.3 Å². The highest BCUT2D eigenvalue weighted by atomic mass is 35.5. The van der Waals surface area contributed by atoms with Crippen molar-refractivity contribution in [1.82, 2.24) is 15.2 Å². The van der Waals surface area contributed by atoms with Crippen molar-refractivity contribution in [2.24, 2.45) is 0 Å². The van der Waals surface area contributed by atoms with Crippen molar-refractivity contribution < 1.29 is 9.21 Å². The zero-order valence-corrected chi connectivity index (χ0v) is 16.9. The second kappa shape index (κ2) is 9.53. The molecule has 1 aromatic heterocycles. The Labute approximate surface area is 170 Å². The molecule has 0 aliphatic heterocycles. The number of carbonyl (C=O) groups excluding carboxylic acids is 1. The topological polar surface area (TPSA) is 58.4 Å². The number of nitrogens with one attached hydrogen (secondary N) is 1. The third kappa shape index (κ3) is 5.68. The fourth-order valence-corrected chi connectivity index (χ4v) is 3.03.